The minimum atomic E-state index is -4.36. The number of alkyl halides is 3. The van der Waals surface area contributed by atoms with E-state index in [1.165, 1.54) is 12.1 Å². The molecule has 1 aromatic carbocycles. The topological polar surface area (TPSA) is 70.6 Å². The summed E-state index contributed by atoms with van der Waals surface area (Å²) in [6.07, 6.45) is -1.82. The third-order valence-corrected chi connectivity index (χ3v) is 6.78. The van der Waals surface area contributed by atoms with Crippen LogP contribution in [0.3, 0.4) is 0 Å². The van der Waals surface area contributed by atoms with Crippen molar-refractivity contribution in [3.05, 3.63) is 35.4 Å². The van der Waals surface area contributed by atoms with E-state index in [0.29, 0.717) is 18.1 Å². The molecule has 5 nitrogen and oxygen atoms in total. The third-order valence-electron chi connectivity index (χ3n) is 5.08. The van der Waals surface area contributed by atoms with E-state index in [4.69, 9.17) is 0 Å². The van der Waals surface area contributed by atoms with Gasteiger partial charge in [0.2, 0.25) is 0 Å². The van der Waals surface area contributed by atoms with Gasteiger partial charge < -0.3 is 10.6 Å². The number of halogens is 3. The molecule has 0 saturated heterocycles. The molecule has 2 rings (SSSR count). The monoisotopic (exact) mass is 405 g/mol. The molecule has 1 aliphatic carbocycles. The van der Waals surface area contributed by atoms with Gasteiger partial charge >= 0.3 is 6.18 Å². The van der Waals surface area contributed by atoms with Gasteiger partial charge in [0.15, 0.2) is 15.8 Å². The van der Waals surface area contributed by atoms with E-state index in [9.17, 15) is 21.6 Å². The summed E-state index contributed by atoms with van der Waals surface area (Å²) in [6.45, 7) is 2.26. The van der Waals surface area contributed by atoms with Gasteiger partial charge in [0.05, 0.1) is 11.3 Å². The largest absolute Gasteiger partial charge is 0.416 e. The van der Waals surface area contributed by atoms with Crippen LogP contribution in [0.5, 0.6) is 0 Å². The van der Waals surface area contributed by atoms with Crippen LogP contribution < -0.4 is 10.6 Å². The highest BCUT2D eigenvalue weighted by Crippen LogP contribution is 2.44. The maximum atomic E-state index is 13.0. The number of hydrogen-bond donors (Lipinski definition) is 2. The summed E-state index contributed by atoms with van der Waals surface area (Å²) in [7, 11) is -1.50. The van der Waals surface area contributed by atoms with Crippen molar-refractivity contribution in [3.63, 3.8) is 0 Å². The summed E-state index contributed by atoms with van der Waals surface area (Å²) in [5.74, 6) is 0.530. The number of benzene rings is 1. The molecule has 0 amide bonds. The fourth-order valence-electron chi connectivity index (χ4n) is 3.14. The molecule has 0 radical (unpaired) electrons. The van der Waals surface area contributed by atoms with Crippen molar-refractivity contribution in [2.45, 2.75) is 37.8 Å². The number of guanidine groups is 1. The summed E-state index contributed by atoms with van der Waals surface area (Å²) >= 11 is 0. The number of nitrogens with zero attached hydrogens (tertiary/aromatic N) is 1. The molecule has 1 fully saturated rings. The molecule has 0 atom stereocenters. The van der Waals surface area contributed by atoms with Gasteiger partial charge in [0.25, 0.3) is 0 Å². The molecule has 1 aliphatic rings. The van der Waals surface area contributed by atoms with Gasteiger partial charge in [0.1, 0.15) is 0 Å². The highest BCUT2D eigenvalue weighted by molar-refractivity contribution is 7.91. The van der Waals surface area contributed by atoms with Crippen LogP contribution in [0.25, 0.3) is 0 Å². The minimum absolute atomic E-state index is 0.00295. The average Bonchev–Trinajstić information content (AvgIpc) is 2.58. The van der Waals surface area contributed by atoms with E-state index < -0.39 is 21.6 Å². The Morgan fingerprint density at radius 3 is 2.48 bits per heavy atom. The van der Waals surface area contributed by atoms with E-state index >= 15 is 0 Å². The molecule has 152 valence electrons. The van der Waals surface area contributed by atoms with Gasteiger partial charge in [0, 0.05) is 31.3 Å². The Morgan fingerprint density at radius 1 is 1.26 bits per heavy atom. The van der Waals surface area contributed by atoms with Gasteiger partial charge in [-0.2, -0.15) is 13.2 Å². The lowest BCUT2D eigenvalue weighted by Gasteiger charge is -2.43. The molecule has 1 aromatic rings. The Kier molecular flexibility index (Phi) is 6.77. The molecule has 0 bridgehead atoms. The normalized spacial score (nSPS) is 17.3. The Labute approximate surface area is 158 Å². The average molecular weight is 405 g/mol. The van der Waals surface area contributed by atoms with Crippen LogP contribution in [0.1, 0.15) is 37.3 Å². The zero-order valence-corrected chi connectivity index (χ0v) is 16.4. The minimum Gasteiger partial charge on any atom is -0.356 e. The van der Waals surface area contributed by atoms with Crippen molar-refractivity contribution in [2.75, 3.05) is 31.6 Å². The lowest BCUT2D eigenvalue weighted by molar-refractivity contribution is -0.137. The van der Waals surface area contributed by atoms with E-state index in [-0.39, 0.29) is 23.5 Å². The standard InChI is InChI=1S/C18H26F3N3O2S/c1-3-27(25,26)11-10-23-16(22-2)24-13-17(8-5-9-17)14-6-4-7-15(12-14)18(19,20)21/h4,6-7,12H,3,5,8-11,13H2,1-2H3,(H2,22,23,24). The van der Waals surface area contributed by atoms with Crippen molar-refractivity contribution in [2.24, 2.45) is 4.99 Å². The number of rotatable bonds is 7. The second kappa shape index (κ2) is 8.50. The first-order valence-corrected chi connectivity index (χ1v) is 10.8. The molecule has 0 heterocycles. The molecule has 27 heavy (non-hydrogen) atoms. The fraction of sp³-hybridized carbons (Fsp3) is 0.611. The first-order chi connectivity index (χ1) is 12.6. The highest BCUT2D eigenvalue weighted by Gasteiger charge is 2.40. The third kappa shape index (κ3) is 5.60. The molecule has 0 aliphatic heterocycles. The molecule has 9 heteroatoms. The maximum Gasteiger partial charge on any atom is 0.416 e. The van der Waals surface area contributed by atoms with Crippen molar-refractivity contribution >= 4 is 15.8 Å². The second-order valence-electron chi connectivity index (χ2n) is 6.80. The maximum absolute atomic E-state index is 13.0. The van der Waals surface area contributed by atoms with Gasteiger partial charge in [-0.3, -0.25) is 4.99 Å². The van der Waals surface area contributed by atoms with Crippen LogP contribution >= 0.6 is 0 Å². The Balaban J connectivity index is 2.02. The summed E-state index contributed by atoms with van der Waals surface area (Å²) in [5, 5.41) is 6.08. The highest BCUT2D eigenvalue weighted by atomic mass is 32.2. The number of sulfone groups is 1. The molecule has 0 spiro atoms. The van der Waals surface area contributed by atoms with E-state index in [1.807, 2.05) is 0 Å². The first kappa shape index (κ1) is 21.5. The summed E-state index contributed by atoms with van der Waals surface area (Å²) < 4.78 is 62.1. The van der Waals surface area contributed by atoms with E-state index in [0.717, 1.165) is 25.3 Å². The van der Waals surface area contributed by atoms with Crippen molar-refractivity contribution < 1.29 is 21.6 Å². The summed E-state index contributed by atoms with van der Waals surface area (Å²) in [4.78, 5) is 4.06. The fourth-order valence-corrected chi connectivity index (χ4v) is 3.84. The molecular weight excluding hydrogens is 379 g/mol. The second-order valence-corrected chi connectivity index (χ2v) is 9.27. The van der Waals surface area contributed by atoms with Crippen LogP contribution in [0.2, 0.25) is 0 Å². The zero-order valence-electron chi connectivity index (χ0n) is 15.6. The van der Waals surface area contributed by atoms with Gasteiger partial charge in [-0.1, -0.05) is 31.5 Å². The quantitative estimate of drug-likeness (QED) is 0.541. The van der Waals surface area contributed by atoms with Crippen LogP contribution in [0.15, 0.2) is 29.3 Å². The number of nitrogens with one attached hydrogen (secondary N) is 2. The number of hydrogen-bond acceptors (Lipinski definition) is 3. The lowest BCUT2D eigenvalue weighted by atomic mass is 9.64. The van der Waals surface area contributed by atoms with Crippen LogP contribution in [-0.2, 0) is 21.4 Å². The Hall–Kier alpha value is -1.77. The van der Waals surface area contributed by atoms with Crippen molar-refractivity contribution in [1.29, 1.82) is 0 Å². The van der Waals surface area contributed by atoms with E-state index in [2.05, 4.69) is 15.6 Å². The molecular formula is C18H26F3N3O2S. The smallest absolute Gasteiger partial charge is 0.356 e. The van der Waals surface area contributed by atoms with Crippen LogP contribution in [0, 0.1) is 0 Å². The van der Waals surface area contributed by atoms with Crippen molar-refractivity contribution in [1.82, 2.24) is 10.6 Å². The zero-order chi connectivity index (χ0) is 20.1. The van der Waals surface area contributed by atoms with E-state index in [1.54, 1.807) is 20.0 Å². The van der Waals surface area contributed by atoms with Crippen molar-refractivity contribution in [3.8, 4) is 0 Å². The molecule has 1 saturated carbocycles. The predicted octanol–water partition coefficient (Wildman–Crippen LogP) is 2.73. The van der Waals surface area contributed by atoms with Crippen LogP contribution in [-0.4, -0.2) is 46.0 Å². The van der Waals surface area contributed by atoms with Gasteiger partial charge in [-0.15, -0.1) is 0 Å². The first-order valence-electron chi connectivity index (χ1n) is 8.94. The van der Waals surface area contributed by atoms with Gasteiger partial charge in [-0.05, 0) is 24.5 Å². The molecule has 0 aromatic heterocycles. The number of aliphatic imine (C=N–C) groups is 1. The SMILES string of the molecule is CCS(=O)(=O)CCNC(=NC)NCC1(c2cccc(C(F)(F)F)c2)CCC1. The lowest BCUT2D eigenvalue weighted by Crippen LogP contribution is -2.49. The summed E-state index contributed by atoms with van der Waals surface area (Å²) in [5.41, 5.74) is -0.340. The Bertz CT molecular complexity index is 772. The predicted molar refractivity (Wildman–Crippen MR) is 101 cm³/mol. The van der Waals surface area contributed by atoms with Crippen LogP contribution in [0.4, 0.5) is 13.2 Å². The Morgan fingerprint density at radius 2 is 1.96 bits per heavy atom. The molecule has 2 N–H and O–H groups in total. The summed E-state index contributed by atoms with van der Waals surface area (Å²) in [6, 6.07) is 5.49. The molecule has 0 unspecified atom stereocenters. The van der Waals surface area contributed by atoms with Gasteiger partial charge in [-0.25, -0.2) is 8.42 Å².